The standard InChI is InChI=1S/C9H11N7/c10-7-3-11-5-12-9(7)15-1-2-16-6-13-14-8(16)4-15/h3,5-6H,1-2,4,10H2. The summed E-state index contributed by atoms with van der Waals surface area (Å²) < 4.78 is 2.04. The molecule has 0 aromatic carbocycles. The normalized spacial score (nSPS) is 14.9. The predicted octanol–water partition coefficient (Wildman–Crippen LogP) is -0.330. The number of fused-ring (bicyclic) bond motifs is 1. The zero-order valence-electron chi connectivity index (χ0n) is 8.61. The van der Waals surface area contributed by atoms with Gasteiger partial charge in [0.05, 0.1) is 18.4 Å². The third-order valence-corrected chi connectivity index (χ3v) is 2.66. The number of hydrogen-bond donors (Lipinski definition) is 1. The molecule has 1 aliphatic rings. The average molecular weight is 217 g/mol. The molecular weight excluding hydrogens is 206 g/mol. The van der Waals surface area contributed by atoms with E-state index in [-0.39, 0.29) is 0 Å². The lowest BCUT2D eigenvalue weighted by atomic mass is 10.3. The lowest BCUT2D eigenvalue weighted by Crippen LogP contribution is -2.34. The van der Waals surface area contributed by atoms with Gasteiger partial charge in [-0.15, -0.1) is 10.2 Å². The quantitative estimate of drug-likeness (QED) is 0.704. The molecule has 0 amide bonds. The molecule has 7 nitrogen and oxygen atoms in total. The van der Waals surface area contributed by atoms with E-state index in [9.17, 15) is 0 Å². The Morgan fingerprint density at radius 2 is 2.25 bits per heavy atom. The maximum absolute atomic E-state index is 5.84. The summed E-state index contributed by atoms with van der Waals surface area (Å²) in [6.45, 7) is 2.39. The molecule has 3 rings (SSSR count). The Morgan fingerprint density at radius 1 is 1.31 bits per heavy atom. The van der Waals surface area contributed by atoms with E-state index in [2.05, 4.69) is 25.1 Å². The summed E-state index contributed by atoms with van der Waals surface area (Å²) in [5, 5.41) is 7.93. The van der Waals surface area contributed by atoms with Crippen LogP contribution in [0.4, 0.5) is 11.5 Å². The molecule has 0 bridgehead atoms. The van der Waals surface area contributed by atoms with Gasteiger partial charge in [-0.2, -0.15) is 0 Å². The Morgan fingerprint density at radius 3 is 3.12 bits per heavy atom. The zero-order valence-corrected chi connectivity index (χ0v) is 8.61. The van der Waals surface area contributed by atoms with Crippen molar-refractivity contribution in [2.24, 2.45) is 0 Å². The summed E-state index contributed by atoms with van der Waals surface area (Å²) in [5.41, 5.74) is 6.43. The smallest absolute Gasteiger partial charge is 0.155 e. The number of nitrogen functional groups attached to an aromatic ring is 1. The number of nitrogens with two attached hydrogens (primary N) is 1. The zero-order chi connectivity index (χ0) is 11.0. The van der Waals surface area contributed by atoms with Crippen LogP contribution in [0.5, 0.6) is 0 Å². The largest absolute Gasteiger partial charge is 0.394 e. The summed E-state index contributed by atoms with van der Waals surface area (Å²) in [4.78, 5) is 10.2. The van der Waals surface area contributed by atoms with Gasteiger partial charge in [0.1, 0.15) is 12.7 Å². The van der Waals surface area contributed by atoms with Crippen molar-refractivity contribution in [2.75, 3.05) is 17.2 Å². The van der Waals surface area contributed by atoms with E-state index in [0.29, 0.717) is 12.2 Å². The Balaban J connectivity index is 1.92. The minimum atomic E-state index is 0.593. The van der Waals surface area contributed by atoms with E-state index >= 15 is 0 Å². The van der Waals surface area contributed by atoms with Crippen LogP contribution in [0.1, 0.15) is 5.82 Å². The van der Waals surface area contributed by atoms with Gasteiger partial charge in [-0.3, -0.25) is 0 Å². The topological polar surface area (TPSA) is 85.8 Å². The van der Waals surface area contributed by atoms with E-state index in [1.54, 1.807) is 12.5 Å². The van der Waals surface area contributed by atoms with Gasteiger partial charge in [0.15, 0.2) is 11.6 Å². The van der Waals surface area contributed by atoms with Crippen molar-refractivity contribution in [3.8, 4) is 0 Å². The Bertz CT molecular complexity index is 506. The van der Waals surface area contributed by atoms with Crippen LogP contribution in [-0.4, -0.2) is 31.3 Å². The number of hydrogen-bond acceptors (Lipinski definition) is 6. The van der Waals surface area contributed by atoms with Crippen LogP contribution < -0.4 is 10.6 Å². The highest BCUT2D eigenvalue weighted by molar-refractivity contribution is 5.60. The van der Waals surface area contributed by atoms with Crippen LogP contribution in [0.3, 0.4) is 0 Å². The average Bonchev–Trinajstić information content (AvgIpc) is 2.76. The summed E-state index contributed by atoms with van der Waals surface area (Å²) >= 11 is 0. The summed E-state index contributed by atoms with van der Waals surface area (Å²) in [6, 6.07) is 0. The minimum absolute atomic E-state index is 0.593. The van der Waals surface area contributed by atoms with Crippen LogP contribution in [0.15, 0.2) is 18.9 Å². The van der Waals surface area contributed by atoms with Gasteiger partial charge < -0.3 is 15.2 Å². The molecule has 0 saturated heterocycles. The predicted molar refractivity (Wildman–Crippen MR) is 57.5 cm³/mol. The van der Waals surface area contributed by atoms with Gasteiger partial charge in [-0.1, -0.05) is 0 Å². The first kappa shape index (κ1) is 9.08. The summed E-state index contributed by atoms with van der Waals surface area (Å²) in [5.74, 6) is 1.70. The Labute approximate surface area is 91.9 Å². The molecule has 0 unspecified atom stereocenters. The van der Waals surface area contributed by atoms with E-state index in [0.717, 1.165) is 24.7 Å². The molecule has 2 aromatic heterocycles. The van der Waals surface area contributed by atoms with Crippen molar-refractivity contribution in [1.29, 1.82) is 0 Å². The van der Waals surface area contributed by atoms with Crippen molar-refractivity contribution in [3.63, 3.8) is 0 Å². The first-order valence-corrected chi connectivity index (χ1v) is 5.02. The van der Waals surface area contributed by atoms with Gasteiger partial charge in [0.25, 0.3) is 0 Å². The molecule has 0 atom stereocenters. The molecule has 1 aliphatic heterocycles. The van der Waals surface area contributed by atoms with Crippen molar-refractivity contribution in [3.05, 3.63) is 24.7 Å². The monoisotopic (exact) mass is 217 g/mol. The molecule has 0 radical (unpaired) electrons. The molecule has 2 aromatic rings. The van der Waals surface area contributed by atoms with E-state index in [1.165, 1.54) is 6.33 Å². The van der Waals surface area contributed by atoms with E-state index in [1.807, 2.05) is 4.57 Å². The fourth-order valence-corrected chi connectivity index (χ4v) is 1.85. The first-order chi connectivity index (χ1) is 7.84. The van der Waals surface area contributed by atoms with E-state index < -0.39 is 0 Å². The highest BCUT2D eigenvalue weighted by Crippen LogP contribution is 2.22. The Kier molecular flexibility index (Phi) is 1.95. The van der Waals surface area contributed by atoms with Gasteiger partial charge >= 0.3 is 0 Å². The molecule has 0 fully saturated rings. The highest BCUT2D eigenvalue weighted by Gasteiger charge is 2.19. The highest BCUT2D eigenvalue weighted by atomic mass is 15.3. The first-order valence-electron chi connectivity index (χ1n) is 5.02. The fourth-order valence-electron chi connectivity index (χ4n) is 1.85. The van der Waals surface area contributed by atoms with Crippen LogP contribution in [0, 0.1) is 0 Å². The molecule has 2 N–H and O–H groups in total. The second-order valence-electron chi connectivity index (χ2n) is 3.66. The van der Waals surface area contributed by atoms with Crippen LogP contribution >= 0.6 is 0 Å². The van der Waals surface area contributed by atoms with Crippen LogP contribution in [0.2, 0.25) is 0 Å². The summed E-state index contributed by atoms with van der Waals surface area (Å²) in [6.07, 6.45) is 4.86. The Hall–Kier alpha value is -2.18. The van der Waals surface area contributed by atoms with Crippen molar-refractivity contribution in [2.45, 2.75) is 13.1 Å². The second-order valence-corrected chi connectivity index (χ2v) is 3.66. The summed E-state index contributed by atoms with van der Waals surface area (Å²) in [7, 11) is 0. The van der Waals surface area contributed by atoms with Gasteiger partial charge in [-0.25, -0.2) is 9.97 Å². The lowest BCUT2D eigenvalue weighted by Gasteiger charge is -2.28. The third-order valence-electron chi connectivity index (χ3n) is 2.66. The molecule has 0 aliphatic carbocycles. The van der Waals surface area contributed by atoms with Crippen LogP contribution in [-0.2, 0) is 13.1 Å². The maximum Gasteiger partial charge on any atom is 0.155 e. The molecule has 82 valence electrons. The number of rotatable bonds is 1. The molecular formula is C9H11N7. The minimum Gasteiger partial charge on any atom is -0.394 e. The second kappa shape index (κ2) is 3.44. The molecule has 0 saturated carbocycles. The molecule has 0 spiro atoms. The molecule has 7 heteroatoms. The number of anilines is 2. The molecule has 16 heavy (non-hydrogen) atoms. The SMILES string of the molecule is Nc1cncnc1N1CCn2cnnc2C1. The maximum atomic E-state index is 5.84. The number of aromatic nitrogens is 5. The molecule has 3 heterocycles. The van der Waals surface area contributed by atoms with Gasteiger partial charge in [0.2, 0.25) is 0 Å². The third kappa shape index (κ3) is 1.37. The van der Waals surface area contributed by atoms with E-state index in [4.69, 9.17) is 5.73 Å². The van der Waals surface area contributed by atoms with Gasteiger partial charge in [-0.05, 0) is 0 Å². The van der Waals surface area contributed by atoms with Crippen molar-refractivity contribution in [1.82, 2.24) is 24.7 Å². The van der Waals surface area contributed by atoms with Crippen molar-refractivity contribution < 1.29 is 0 Å². The lowest BCUT2D eigenvalue weighted by molar-refractivity contribution is 0.556. The van der Waals surface area contributed by atoms with Crippen LogP contribution in [0.25, 0.3) is 0 Å². The fraction of sp³-hybridized carbons (Fsp3) is 0.333. The number of nitrogens with zero attached hydrogens (tertiary/aromatic N) is 6. The van der Waals surface area contributed by atoms with Crippen molar-refractivity contribution >= 4 is 11.5 Å². The van der Waals surface area contributed by atoms with Gasteiger partial charge in [0, 0.05) is 13.1 Å².